The minimum absolute atomic E-state index is 0.581. The molecule has 1 heterocycles. The van der Waals surface area contributed by atoms with Crippen LogP contribution < -0.4 is 5.73 Å². The molecule has 1 aromatic carbocycles. The zero-order valence-corrected chi connectivity index (χ0v) is 10.6. The van der Waals surface area contributed by atoms with Crippen LogP contribution in [-0.4, -0.2) is 9.78 Å². The van der Waals surface area contributed by atoms with Crippen molar-refractivity contribution in [1.29, 1.82) is 0 Å². The highest BCUT2D eigenvalue weighted by molar-refractivity contribution is 14.1. The summed E-state index contributed by atoms with van der Waals surface area (Å²) in [6, 6.07) is 10.3. The molecule has 0 saturated heterocycles. The van der Waals surface area contributed by atoms with E-state index in [0.717, 1.165) is 12.2 Å². The van der Waals surface area contributed by atoms with Gasteiger partial charge in [0.2, 0.25) is 0 Å². The lowest BCUT2D eigenvalue weighted by Gasteiger charge is -2.04. The summed E-state index contributed by atoms with van der Waals surface area (Å²) < 4.78 is 3.16. The van der Waals surface area contributed by atoms with Crippen LogP contribution in [0.3, 0.4) is 0 Å². The van der Waals surface area contributed by atoms with Crippen molar-refractivity contribution in [3.63, 3.8) is 0 Å². The molecule has 0 aliphatic heterocycles. The van der Waals surface area contributed by atoms with E-state index in [1.165, 1.54) is 9.13 Å². The molecule has 0 atom stereocenters. The average molecular weight is 313 g/mol. The summed E-state index contributed by atoms with van der Waals surface area (Å²) in [5.74, 6) is 0.581. The van der Waals surface area contributed by atoms with Gasteiger partial charge in [0, 0.05) is 15.3 Å². The number of nitrogens with two attached hydrogens (primary N) is 1. The second kappa shape index (κ2) is 4.22. The Labute approximate surface area is 102 Å². The lowest BCUT2D eigenvalue weighted by Crippen LogP contribution is -2.04. The van der Waals surface area contributed by atoms with E-state index in [1.807, 2.05) is 17.7 Å². The van der Waals surface area contributed by atoms with Gasteiger partial charge >= 0.3 is 0 Å². The Morgan fingerprint density at radius 3 is 2.53 bits per heavy atom. The number of anilines is 1. The van der Waals surface area contributed by atoms with E-state index in [4.69, 9.17) is 5.73 Å². The number of hydrogen-bond donors (Lipinski definition) is 1. The number of halogens is 1. The molecule has 0 radical (unpaired) electrons. The van der Waals surface area contributed by atoms with E-state index in [-0.39, 0.29) is 0 Å². The summed E-state index contributed by atoms with van der Waals surface area (Å²) in [5.41, 5.74) is 7.95. The number of rotatable bonds is 2. The summed E-state index contributed by atoms with van der Waals surface area (Å²) in [4.78, 5) is 0. The van der Waals surface area contributed by atoms with E-state index in [1.54, 1.807) is 0 Å². The van der Waals surface area contributed by atoms with Crippen molar-refractivity contribution < 1.29 is 0 Å². The minimum Gasteiger partial charge on any atom is -0.382 e. The highest BCUT2D eigenvalue weighted by Crippen LogP contribution is 2.10. The highest BCUT2D eigenvalue weighted by Gasteiger charge is 2.01. The molecule has 2 aromatic rings. The fraction of sp³-hybridized carbons (Fsp3) is 0.182. The summed E-state index contributed by atoms with van der Waals surface area (Å²) in [6.07, 6.45) is 0. The lowest BCUT2D eigenvalue weighted by molar-refractivity contribution is 0.668. The number of aromatic nitrogens is 2. The molecule has 4 heteroatoms. The first-order chi connectivity index (χ1) is 7.15. The molecule has 0 spiro atoms. The second-order valence-electron chi connectivity index (χ2n) is 3.49. The van der Waals surface area contributed by atoms with Crippen molar-refractivity contribution in [3.8, 4) is 0 Å². The molecule has 0 aliphatic carbocycles. The standard InChI is InChI=1S/C11H12IN3/c1-8-6-11(13)14-15(8)7-9-2-4-10(12)5-3-9/h2-6H,7H2,1H3,(H2,13,14). The molecule has 0 unspecified atom stereocenters. The Balaban J connectivity index is 2.21. The summed E-state index contributed by atoms with van der Waals surface area (Å²) >= 11 is 2.30. The van der Waals surface area contributed by atoms with Crippen molar-refractivity contribution in [3.05, 3.63) is 45.2 Å². The third-order valence-electron chi connectivity index (χ3n) is 2.25. The SMILES string of the molecule is Cc1cc(N)nn1Cc1ccc(I)cc1. The van der Waals surface area contributed by atoms with Gasteiger partial charge in [-0.15, -0.1) is 0 Å². The number of benzene rings is 1. The zero-order valence-electron chi connectivity index (χ0n) is 8.44. The van der Waals surface area contributed by atoms with Gasteiger partial charge in [-0.05, 0) is 47.2 Å². The monoisotopic (exact) mass is 313 g/mol. The molecule has 0 saturated carbocycles. The topological polar surface area (TPSA) is 43.8 Å². The number of hydrogen-bond acceptors (Lipinski definition) is 2. The summed E-state index contributed by atoms with van der Waals surface area (Å²) in [6.45, 7) is 2.79. The largest absolute Gasteiger partial charge is 0.382 e. The normalized spacial score (nSPS) is 10.5. The molecule has 2 N–H and O–H groups in total. The van der Waals surface area contributed by atoms with Gasteiger partial charge in [0.15, 0.2) is 0 Å². The van der Waals surface area contributed by atoms with Gasteiger partial charge in [0.05, 0.1) is 6.54 Å². The van der Waals surface area contributed by atoms with Crippen LogP contribution in [0.15, 0.2) is 30.3 Å². The van der Waals surface area contributed by atoms with E-state index in [2.05, 4.69) is 52.0 Å². The van der Waals surface area contributed by atoms with Crippen molar-refractivity contribution in [1.82, 2.24) is 9.78 Å². The first kappa shape index (κ1) is 10.5. The Kier molecular flexibility index (Phi) is 2.95. The Bertz CT molecular complexity index is 459. The zero-order chi connectivity index (χ0) is 10.8. The Morgan fingerprint density at radius 2 is 2.00 bits per heavy atom. The molecular formula is C11H12IN3. The molecule has 3 nitrogen and oxygen atoms in total. The smallest absolute Gasteiger partial charge is 0.145 e. The van der Waals surface area contributed by atoms with Crippen molar-refractivity contribution in [2.75, 3.05) is 5.73 Å². The van der Waals surface area contributed by atoms with Crippen LogP contribution in [-0.2, 0) is 6.54 Å². The van der Waals surface area contributed by atoms with Gasteiger partial charge in [-0.1, -0.05) is 12.1 Å². The Hall–Kier alpha value is -1.04. The average Bonchev–Trinajstić information content (AvgIpc) is 2.49. The number of nitrogens with zero attached hydrogens (tertiary/aromatic N) is 2. The van der Waals surface area contributed by atoms with Crippen molar-refractivity contribution in [2.24, 2.45) is 0 Å². The lowest BCUT2D eigenvalue weighted by atomic mass is 10.2. The van der Waals surface area contributed by atoms with Crippen LogP contribution in [0.1, 0.15) is 11.3 Å². The maximum absolute atomic E-state index is 5.62. The quantitative estimate of drug-likeness (QED) is 0.866. The predicted molar refractivity (Wildman–Crippen MR) is 69.6 cm³/mol. The third-order valence-corrected chi connectivity index (χ3v) is 2.96. The van der Waals surface area contributed by atoms with Crippen molar-refractivity contribution >= 4 is 28.4 Å². The molecule has 0 aliphatic rings. The second-order valence-corrected chi connectivity index (χ2v) is 4.74. The van der Waals surface area contributed by atoms with Crippen LogP contribution in [0.2, 0.25) is 0 Å². The number of nitrogen functional groups attached to an aromatic ring is 1. The van der Waals surface area contributed by atoms with Gasteiger partial charge in [-0.3, -0.25) is 4.68 Å². The fourth-order valence-electron chi connectivity index (χ4n) is 1.46. The van der Waals surface area contributed by atoms with Crippen LogP contribution in [0.25, 0.3) is 0 Å². The first-order valence-electron chi connectivity index (χ1n) is 4.69. The van der Waals surface area contributed by atoms with Crippen LogP contribution in [0, 0.1) is 10.5 Å². The van der Waals surface area contributed by atoms with E-state index in [9.17, 15) is 0 Å². The van der Waals surface area contributed by atoms with E-state index < -0.39 is 0 Å². The highest BCUT2D eigenvalue weighted by atomic mass is 127. The molecule has 78 valence electrons. The van der Waals surface area contributed by atoms with Gasteiger partial charge < -0.3 is 5.73 Å². The number of aryl methyl sites for hydroxylation is 1. The van der Waals surface area contributed by atoms with Crippen LogP contribution >= 0.6 is 22.6 Å². The fourth-order valence-corrected chi connectivity index (χ4v) is 1.82. The summed E-state index contributed by atoms with van der Waals surface area (Å²) in [5, 5.41) is 4.22. The molecule has 0 amide bonds. The van der Waals surface area contributed by atoms with Gasteiger partial charge in [-0.2, -0.15) is 5.10 Å². The molecule has 1 aromatic heterocycles. The molecule has 2 rings (SSSR count). The van der Waals surface area contributed by atoms with E-state index in [0.29, 0.717) is 5.82 Å². The van der Waals surface area contributed by atoms with Gasteiger partial charge in [0.25, 0.3) is 0 Å². The van der Waals surface area contributed by atoms with Gasteiger partial charge in [-0.25, -0.2) is 0 Å². The van der Waals surface area contributed by atoms with E-state index >= 15 is 0 Å². The summed E-state index contributed by atoms with van der Waals surface area (Å²) in [7, 11) is 0. The van der Waals surface area contributed by atoms with Crippen LogP contribution in [0.5, 0.6) is 0 Å². The molecular weight excluding hydrogens is 301 g/mol. The van der Waals surface area contributed by atoms with Crippen molar-refractivity contribution in [2.45, 2.75) is 13.5 Å². The molecule has 15 heavy (non-hydrogen) atoms. The first-order valence-corrected chi connectivity index (χ1v) is 5.77. The predicted octanol–water partition coefficient (Wildman–Crippen LogP) is 2.43. The van der Waals surface area contributed by atoms with Crippen LogP contribution in [0.4, 0.5) is 5.82 Å². The molecule has 0 fully saturated rings. The third kappa shape index (κ3) is 2.50. The maximum atomic E-state index is 5.62. The van der Waals surface area contributed by atoms with Gasteiger partial charge in [0.1, 0.15) is 5.82 Å². The minimum atomic E-state index is 0.581. The Morgan fingerprint density at radius 1 is 1.33 bits per heavy atom. The molecule has 0 bridgehead atoms. The maximum Gasteiger partial charge on any atom is 0.145 e.